The zero-order valence-electron chi connectivity index (χ0n) is 13.7. The molecule has 0 spiro atoms. The van der Waals surface area contributed by atoms with Crippen LogP contribution in [0.4, 0.5) is 0 Å². The summed E-state index contributed by atoms with van der Waals surface area (Å²) >= 11 is 0. The van der Waals surface area contributed by atoms with E-state index in [0.29, 0.717) is 0 Å². The molecule has 0 radical (unpaired) electrons. The number of rotatable bonds is 10. The minimum atomic E-state index is 0.756. The summed E-state index contributed by atoms with van der Waals surface area (Å²) in [6, 6.07) is 0.756. The molecule has 1 atom stereocenters. The second kappa shape index (κ2) is 10.5. The normalized spacial score (nSPS) is 24.7. The SMILES string of the molecule is CCCCOCCNCCN1CCC(N2CCOCC2)C1. The number of likely N-dealkylation sites (tertiary alicyclic amines) is 1. The second-order valence-electron chi connectivity index (χ2n) is 6.11. The van der Waals surface area contributed by atoms with E-state index >= 15 is 0 Å². The van der Waals surface area contributed by atoms with E-state index in [9.17, 15) is 0 Å². The molecular weight excluding hydrogens is 266 g/mol. The molecule has 5 heteroatoms. The van der Waals surface area contributed by atoms with Gasteiger partial charge in [0.25, 0.3) is 0 Å². The van der Waals surface area contributed by atoms with Crippen LogP contribution in [0.3, 0.4) is 0 Å². The van der Waals surface area contributed by atoms with Crippen LogP contribution in [0.2, 0.25) is 0 Å². The van der Waals surface area contributed by atoms with Crippen molar-refractivity contribution in [1.82, 2.24) is 15.1 Å². The quantitative estimate of drug-likeness (QED) is 0.604. The Kier molecular flexibility index (Phi) is 8.59. The van der Waals surface area contributed by atoms with Gasteiger partial charge < -0.3 is 19.7 Å². The van der Waals surface area contributed by atoms with E-state index in [1.165, 1.54) is 32.4 Å². The van der Waals surface area contributed by atoms with Gasteiger partial charge in [-0.25, -0.2) is 0 Å². The summed E-state index contributed by atoms with van der Waals surface area (Å²) in [6.07, 6.45) is 3.71. The molecule has 1 unspecified atom stereocenters. The third-order valence-corrected chi connectivity index (χ3v) is 4.48. The fourth-order valence-electron chi connectivity index (χ4n) is 3.11. The van der Waals surface area contributed by atoms with E-state index in [1.807, 2.05) is 0 Å². The summed E-state index contributed by atoms with van der Waals surface area (Å²) < 4.78 is 11.0. The van der Waals surface area contributed by atoms with Crippen molar-refractivity contribution in [2.45, 2.75) is 32.2 Å². The number of hydrogen-bond acceptors (Lipinski definition) is 5. The van der Waals surface area contributed by atoms with Gasteiger partial charge in [0.15, 0.2) is 0 Å². The van der Waals surface area contributed by atoms with Crippen LogP contribution in [0.1, 0.15) is 26.2 Å². The van der Waals surface area contributed by atoms with Crippen molar-refractivity contribution in [3.63, 3.8) is 0 Å². The highest BCUT2D eigenvalue weighted by atomic mass is 16.5. The van der Waals surface area contributed by atoms with E-state index in [-0.39, 0.29) is 0 Å². The summed E-state index contributed by atoms with van der Waals surface area (Å²) in [5, 5.41) is 3.48. The zero-order chi connectivity index (χ0) is 14.8. The van der Waals surface area contributed by atoms with E-state index < -0.39 is 0 Å². The van der Waals surface area contributed by atoms with E-state index in [0.717, 1.165) is 65.2 Å². The lowest BCUT2D eigenvalue weighted by atomic mass is 10.2. The van der Waals surface area contributed by atoms with Crippen molar-refractivity contribution in [1.29, 1.82) is 0 Å². The first-order valence-electron chi connectivity index (χ1n) is 8.72. The Morgan fingerprint density at radius 3 is 2.81 bits per heavy atom. The first-order valence-corrected chi connectivity index (χ1v) is 8.72. The molecule has 124 valence electrons. The highest BCUT2D eigenvalue weighted by Crippen LogP contribution is 2.16. The Morgan fingerprint density at radius 2 is 2.00 bits per heavy atom. The van der Waals surface area contributed by atoms with Crippen LogP contribution in [-0.2, 0) is 9.47 Å². The topological polar surface area (TPSA) is 37.0 Å². The minimum Gasteiger partial charge on any atom is -0.380 e. The highest BCUT2D eigenvalue weighted by Gasteiger charge is 2.28. The maximum atomic E-state index is 5.55. The largest absolute Gasteiger partial charge is 0.380 e. The zero-order valence-corrected chi connectivity index (χ0v) is 13.7. The van der Waals surface area contributed by atoms with E-state index in [2.05, 4.69) is 22.0 Å². The Morgan fingerprint density at radius 1 is 1.14 bits per heavy atom. The lowest BCUT2D eigenvalue weighted by molar-refractivity contribution is 0.0185. The molecule has 0 aromatic heterocycles. The average Bonchev–Trinajstić information content (AvgIpc) is 3.00. The molecule has 5 nitrogen and oxygen atoms in total. The second-order valence-corrected chi connectivity index (χ2v) is 6.11. The lowest BCUT2D eigenvalue weighted by Gasteiger charge is -2.32. The van der Waals surface area contributed by atoms with Gasteiger partial charge in [-0.05, 0) is 19.4 Å². The van der Waals surface area contributed by atoms with Crippen LogP contribution in [0.15, 0.2) is 0 Å². The van der Waals surface area contributed by atoms with Gasteiger partial charge in [-0.1, -0.05) is 13.3 Å². The minimum absolute atomic E-state index is 0.756. The van der Waals surface area contributed by atoms with Gasteiger partial charge in [0.2, 0.25) is 0 Å². The van der Waals surface area contributed by atoms with Gasteiger partial charge in [-0.15, -0.1) is 0 Å². The van der Waals surface area contributed by atoms with Crippen molar-refractivity contribution >= 4 is 0 Å². The summed E-state index contributed by atoms with van der Waals surface area (Å²) in [7, 11) is 0. The molecule has 0 amide bonds. The Balaban J connectivity index is 1.45. The molecule has 2 fully saturated rings. The third kappa shape index (κ3) is 6.61. The van der Waals surface area contributed by atoms with Crippen LogP contribution in [0.25, 0.3) is 0 Å². The van der Waals surface area contributed by atoms with Crippen molar-refractivity contribution in [3.05, 3.63) is 0 Å². The number of ether oxygens (including phenoxy) is 2. The standard InChI is InChI=1S/C16H33N3O2/c1-2-3-11-20-12-6-17-5-8-18-7-4-16(15-18)19-9-13-21-14-10-19/h16-17H,2-15H2,1H3. The molecule has 0 aliphatic carbocycles. The molecular formula is C16H33N3O2. The van der Waals surface area contributed by atoms with Gasteiger partial charge in [-0.2, -0.15) is 0 Å². The van der Waals surface area contributed by atoms with E-state index in [1.54, 1.807) is 0 Å². The number of nitrogens with one attached hydrogen (secondary N) is 1. The third-order valence-electron chi connectivity index (χ3n) is 4.48. The Labute approximate surface area is 129 Å². The lowest BCUT2D eigenvalue weighted by Crippen LogP contribution is -2.45. The first-order chi connectivity index (χ1) is 10.4. The van der Waals surface area contributed by atoms with Crippen LogP contribution in [-0.4, -0.2) is 88.1 Å². The predicted molar refractivity (Wildman–Crippen MR) is 85.8 cm³/mol. The van der Waals surface area contributed by atoms with Gasteiger partial charge in [-0.3, -0.25) is 4.90 Å². The summed E-state index contributed by atoms with van der Waals surface area (Å²) in [6.45, 7) is 13.7. The van der Waals surface area contributed by atoms with Crippen molar-refractivity contribution in [3.8, 4) is 0 Å². The van der Waals surface area contributed by atoms with Crippen molar-refractivity contribution in [2.75, 3.05) is 72.2 Å². The molecule has 1 N–H and O–H groups in total. The summed E-state index contributed by atoms with van der Waals surface area (Å²) in [4.78, 5) is 5.20. The van der Waals surface area contributed by atoms with Gasteiger partial charge in [0.05, 0.1) is 19.8 Å². The summed E-state index contributed by atoms with van der Waals surface area (Å²) in [5.74, 6) is 0. The smallest absolute Gasteiger partial charge is 0.0594 e. The van der Waals surface area contributed by atoms with Gasteiger partial charge in [0.1, 0.15) is 0 Å². The fourth-order valence-corrected chi connectivity index (χ4v) is 3.11. The van der Waals surface area contributed by atoms with Gasteiger partial charge in [0, 0.05) is 51.9 Å². The van der Waals surface area contributed by atoms with Crippen LogP contribution < -0.4 is 5.32 Å². The van der Waals surface area contributed by atoms with Crippen molar-refractivity contribution < 1.29 is 9.47 Å². The molecule has 2 aliphatic heterocycles. The van der Waals surface area contributed by atoms with Crippen LogP contribution >= 0.6 is 0 Å². The van der Waals surface area contributed by atoms with Crippen molar-refractivity contribution in [2.24, 2.45) is 0 Å². The molecule has 21 heavy (non-hydrogen) atoms. The number of nitrogens with zero attached hydrogens (tertiary/aromatic N) is 2. The predicted octanol–water partition coefficient (Wildman–Crippen LogP) is 0.799. The molecule has 2 aliphatic rings. The molecule has 2 saturated heterocycles. The van der Waals surface area contributed by atoms with Crippen LogP contribution in [0, 0.1) is 0 Å². The average molecular weight is 299 g/mol. The number of unbranched alkanes of at least 4 members (excludes halogenated alkanes) is 1. The van der Waals surface area contributed by atoms with Crippen LogP contribution in [0.5, 0.6) is 0 Å². The molecule has 0 saturated carbocycles. The molecule has 2 heterocycles. The first kappa shape index (κ1) is 17.2. The highest BCUT2D eigenvalue weighted by molar-refractivity contribution is 4.84. The van der Waals surface area contributed by atoms with Gasteiger partial charge >= 0.3 is 0 Å². The molecule has 0 aromatic rings. The molecule has 0 bridgehead atoms. The number of hydrogen-bond donors (Lipinski definition) is 1. The Bertz CT molecular complexity index is 260. The maximum absolute atomic E-state index is 5.55. The fraction of sp³-hybridized carbons (Fsp3) is 1.00. The molecule has 2 rings (SSSR count). The monoisotopic (exact) mass is 299 g/mol. The van der Waals surface area contributed by atoms with E-state index in [4.69, 9.17) is 9.47 Å². The summed E-state index contributed by atoms with van der Waals surface area (Å²) in [5.41, 5.74) is 0. The maximum Gasteiger partial charge on any atom is 0.0594 e. The Hall–Kier alpha value is -0.200. The number of morpholine rings is 1. The molecule has 0 aromatic carbocycles.